The molecule has 0 saturated heterocycles. The van der Waals surface area contributed by atoms with E-state index in [-0.39, 0.29) is 0 Å². The van der Waals surface area contributed by atoms with Gasteiger partial charge in [-0.15, -0.1) is 0 Å². The standard InChI is InChI=1S/C11H17N5OS/c1-16-9(10(12)17)8(6-13-16)15-11(18)14-7-4-2-3-5-7/h6-7H,2-5H2,1H3,(H2,12,17)(H2,14,15,18). The Kier molecular flexibility index (Phi) is 3.81. The molecular formula is C11H17N5OS. The van der Waals surface area contributed by atoms with Gasteiger partial charge in [0.05, 0.1) is 11.9 Å². The highest BCUT2D eigenvalue weighted by molar-refractivity contribution is 7.80. The summed E-state index contributed by atoms with van der Waals surface area (Å²) in [5.41, 5.74) is 6.16. The number of nitrogens with zero attached hydrogens (tertiary/aromatic N) is 2. The highest BCUT2D eigenvalue weighted by Gasteiger charge is 2.18. The number of rotatable bonds is 3. The molecule has 18 heavy (non-hydrogen) atoms. The molecule has 1 saturated carbocycles. The minimum atomic E-state index is -0.527. The Labute approximate surface area is 111 Å². The smallest absolute Gasteiger partial charge is 0.269 e. The van der Waals surface area contributed by atoms with Crippen LogP contribution in [0.5, 0.6) is 0 Å². The van der Waals surface area contributed by atoms with Crippen LogP contribution in [-0.2, 0) is 7.05 Å². The molecule has 1 fully saturated rings. The van der Waals surface area contributed by atoms with Gasteiger partial charge in [-0.05, 0) is 25.1 Å². The van der Waals surface area contributed by atoms with E-state index in [0.717, 1.165) is 12.8 Å². The predicted molar refractivity (Wildman–Crippen MR) is 73.3 cm³/mol. The van der Waals surface area contributed by atoms with E-state index in [2.05, 4.69) is 15.7 Å². The molecule has 4 N–H and O–H groups in total. The second-order valence-electron chi connectivity index (χ2n) is 4.47. The number of amides is 1. The van der Waals surface area contributed by atoms with Gasteiger partial charge in [0, 0.05) is 13.1 Å². The van der Waals surface area contributed by atoms with Crippen LogP contribution >= 0.6 is 12.2 Å². The Morgan fingerprint density at radius 1 is 1.56 bits per heavy atom. The Bertz CT molecular complexity index is 464. The van der Waals surface area contributed by atoms with Crippen LogP contribution in [0.4, 0.5) is 5.69 Å². The topological polar surface area (TPSA) is 85.0 Å². The molecule has 2 rings (SSSR count). The summed E-state index contributed by atoms with van der Waals surface area (Å²) < 4.78 is 1.43. The molecule has 0 atom stereocenters. The van der Waals surface area contributed by atoms with Crippen LogP contribution in [0.3, 0.4) is 0 Å². The summed E-state index contributed by atoms with van der Waals surface area (Å²) in [5.74, 6) is -0.527. The molecule has 0 spiro atoms. The van der Waals surface area contributed by atoms with Crippen molar-refractivity contribution in [3.8, 4) is 0 Å². The third-order valence-electron chi connectivity index (χ3n) is 3.11. The molecule has 1 amide bonds. The van der Waals surface area contributed by atoms with Gasteiger partial charge >= 0.3 is 0 Å². The molecule has 0 bridgehead atoms. The SMILES string of the molecule is Cn1ncc(NC(=S)NC2CCCC2)c1C(N)=O. The van der Waals surface area contributed by atoms with E-state index in [1.807, 2.05) is 0 Å². The molecule has 0 aliphatic heterocycles. The molecular weight excluding hydrogens is 250 g/mol. The summed E-state index contributed by atoms with van der Waals surface area (Å²) in [6, 6.07) is 0.429. The van der Waals surface area contributed by atoms with Crippen molar-refractivity contribution in [1.29, 1.82) is 0 Å². The van der Waals surface area contributed by atoms with E-state index in [1.54, 1.807) is 13.2 Å². The van der Waals surface area contributed by atoms with Crippen molar-refractivity contribution in [2.75, 3.05) is 5.32 Å². The Hall–Kier alpha value is -1.63. The minimum absolute atomic E-state index is 0.325. The van der Waals surface area contributed by atoms with Gasteiger partial charge in [0.2, 0.25) is 0 Å². The number of aryl methyl sites for hydroxylation is 1. The van der Waals surface area contributed by atoms with E-state index < -0.39 is 5.91 Å². The lowest BCUT2D eigenvalue weighted by Gasteiger charge is -2.15. The lowest BCUT2D eigenvalue weighted by molar-refractivity contribution is 0.0992. The predicted octanol–water partition coefficient (Wildman–Crippen LogP) is 0.748. The van der Waals surface area contributed by atoms with Crippen LogP contribution in [0.25, 0.3) is 0 Å². The normalized spacial score (nSPS) is 15.6. The number of aromatic nitrogens is 2. The summed E-state index contributed by atoms with van der Waals surface area (Å²) in [4.78, 5) is 11.3. The molecule has 7 heteroatoms. The fraction of sp³-hybridized carbons (Fsp3) is 0.545. The monoisotopic (exact) mass is 267 g/mol. The largest absolute Gasteiger partial charge is 0.364 e. The van der Waals surface area contributed by atoms with Gasteiger partial charge in [0.1, 0.15) is 5.69 Å². The summed E-state index contributed by atoms with van der Waals surface area (Å²) in [5, 5.41) is 10.7. The maximum absolute atomic E-state index is 11.3. The average Bonchev–Trinajstić information content (AvgIpc) is 2.88. The lowest BCUT2D eigenvalue weighted by Crippen LogP contribution is -2.36. The molecule has 1 aliphatic carbocycles. The van der Waals surface area contributed by atoms with Crippen LogP contribution < -0.4 is 16.4 Å². The van der Waals surface area contributed by atoms with Gasteiger partial charge in [0.15, 0.2) is 5.11 Å². The molecule has 1 aromatic rings. The van der Waals surface area contributed by atoms with Crippen LogP contribution in [0, 0.1) is 0 Å². The Morgan fingerprint density at radius 2 is 2.22 bits per heavy atom. The van der Waals surface area contributed by atoms with Gasteiger partial charge in [-0.1, -0.05) is 12.8 Å². The maximum atomic E-state index is 11.3. The molecule has 0 unspecified atom stereocenters. The second-order valence-corrected chi connectivity index (χ2v) is 4.88. The number of thiocarbonyl (C=S) groups is 1. The van der Waals surface area contributed by atoms with E-state index in [9.17, 15) is 4.79 Å². The summed E-state index contributed by atoms with van der Waals surface area (Å²) >= 11 is 5.22. The Morgan fingerprint density at radius 3 is 2.83 bits per heavy atom. The molecule has 0 radical (unpaired) electrons. The zero-order valence-electron chi connectivity index (χ0n) is 10.3. The van der Waals surface area contributed by atoms with Crippen LogP contribution in [-0.4, -0.2) is 26.8 Å². The van der Waals surface area contributed by atoms with Crippen LogP contribution in [0.2, 0.25) is 0 Å². The summed E-state index contributed by atoms with van der Waals surface area (Å²) in [7, 11) is 1.67. The molecule has 98 valence electrons. The van der Waals surface area contributed by atoms with Crippen molar-refractivity contribution in [2.24, 2.45) is 12.8 Å². The fourth-order valence-corrected chi connectivity index (χ4v) is 2.51. The number of primary amides is 1. The van der Waals surface area contributed by atoms with Gasteiger partial charge in [-0.25, -0.2) is 0 Å². The highest BCUT2D eigenvalue weighted by atomic mass is 32.1. The van der Waals surface area contributed by atoms with Crippen molar-refractivity contribution in [3.63, 3.8) is 0 Å². The van der Waals surface area contributed by atoms with E-state index in [4.69, 9.17) is 18.0 Å². The van der Waals surface area contributed by atoms with Crippen molar-refractivity contribution in [3.05, 3.63) is 11.9 Å². The van der Waals surface area contributed by atoms with Crippen LogP contribution in [0.15, 0.2) is 6.20 Å². The fourth-order valence-electron chi connectivity index (χ4n) is 2.24. The van der Waals surface area contributed by atoms with Crippen molar-refractivity contribution in [2.45, 2.75) is 31.7 Å². The van der Waals surface area contributed by atoms with Gasteiger partial charge in [0.25, 0.3) is 5.91 Å². The van der Waals surface area contributed by atoms with Crippen molar-refractivity contribution in [1.82, 2.24) is 15.1 Å². The summed E-state index contributed by atoms with van der Waals surface area (Å²) in [6.07, 6.45) is 6.29. The van der Waals surface area contributed by atoms with E-state index >= 15 is 0 Å². The van der Waals surface area contributed by atoms with Gasteiger partial charge < -0.3 is 16.4 Å². The average molecular weight is 267 g/mol. The first-order chi connectivity index (χ1) is 8.58. The first-order valence-corrected chi connectivity index (χ1v) is 6.38. The third kappa shape index (κ3) is 2.79. The first-order valence-electron chi connectivity index (χ1n) is 5.97. The lowest BCUT2D eigenvalue weighted by atomic mass is 10.2. The quantitative estimate of drug-likeness (QED) is 0.704. The molecule has 1 aliphatic rings. The number of carbonyl (C=O) groups is 1. The first kappa shape index (κ1) is 12.8. The number of hydrogen-bond acceptors (Lipinski definition) is 3. The second kappa shape index (κ2) is 5.34. The van der Waals surface area contributed by atoms with Gasteiger partial charge in [-0.2, -0.15) is 5.10 Å². The number of carbonyl (C=O) groups excluding carboxylic acids is 1. The molecule has 0 aromatic carbocycles. The van der Waals surface area contributed by atoms with Crippen molar-refractivity contribution >= 4 is 28.9 Å². The molecule has 1 heterocycles. The number of hydrogen-bond donors (Lipinski definition) is 3. The zero-order chi connectivity index (χ0) is 13.1. The number of anilines is 1. The number of nitrogens with two attached hydrogens (primary N) is 1. The van der Waals surface area contributed by atoms with Crippen molar-refractivity contribution < 1.29 is 4.79 Å². The van der Waals surface area contributed by atoms with E-state index in [1.165, 1.54) is 17.5 Å². The van der Waals surface area contributed by atoms with Gasteiger partial charge in [-0.3, -0.25) is 9.48 Å². The third-order valence-corrected chi connectivity index (χ3v) is 3.33. The Balaban J connectivity index is 2.00. The molecule has 1 aromatic heterocycles. The molecule has 6 nitrogen and oxygen atoms in total. The minimum Gasteiger partial charge on any atom is -0.364 e. The maximum Gasteiger partial charge on any atom is 0.269 e. The summed E-state index contributed by atoms with van der Waals surface area (Å²) in [6.45, 7) is 0. The van der Waals surface area contributed by atoms with Crippen LogP contribution in [0.1, 0.15) is 36.2 Å². The zero-order valence-corrected chi connectivity index (χ0v) is 11.1. The number of nitrogens with one attached hydrogen (secondary N) is 2. The highest BCUT2D eigenvalue weighted by Crippen LogP contribution is 2.18. The van der Waals surface area contributed by atoms with E-state index in [0.29, 0.717) is 22.5 Å².